The molecular formula is C15H8ClFO4. The van der Waals surface area contributed by atoms with Crippen molar-refractivity contribution in [2.75, 3.05) is 0 Å². The number of aromatic carboxylic acids is 1. The quantitative estimate of drug-likeness (QED) is 0.761. The van der Waals surface area contributed by atoms with Crippen LogP contribution in [-0.4, -0.2) is 11.1 Å². The molecule has 0 atom stereocenters. The lowest BCUT2D eigenvalue weighted by atomic mass is 10.2. The summed E-state index contributed by atoms with van der Waals surface area (Å²) >= 11 is 5.87. The van der Waals surface area contributed by atoms with Crippen molar-refractivity contribution < 1.29 is 23.4 Å². The maximum Gasteiger partial charge on any atom is 0.337 e. The largest absolute Gasteiger partial charge is 0.478 e. The van der Waals surface area contributed by atoms with Crippen molar-refractivity contribution in [3.05, 3.63) is 59.1 Å². The summed E-state index contributed by atoms with van der Waals surface area (Å²) in [6.45, 7) is 0. The van der Waals surface area contributed by atoms with E-state index in [4.69, 9.17) is 25.9 Å². The summed E-state index contributed by atoms with van der Waals surface area (Å²) in [5.41, 5.74) is 0.250. The first kappa shape index (κ1) is 13.5. The van der Waals surface area contributed by atoms with E-state index in [0.29, 0.717) is 16.9 Å². The van der Waals surface area contributed by atoms with Gasteiger partial charge in [0, 0.05) is 17.5 Å². The molecule has 0 fully saturated rings. The molecule has 3 rings (SSSR count). The van der Waals surface area contributed by atoms with Crippen LogP contribution in [-0.2, 0) is 0 Å². The fraction of sp³-hybridized carbons (Fsp3) is 0. The van der Waals surface area contributed by atoms with Gasteiger partial charge in [0.1, 0.15) is 5.75 Å². The summed E-state index contributed by atoms with van der Waals surface area (Å²) in [5, 5.41) is 9.53. The van der Waals surface area contributed by atoms with E-state index in [2.05, 4.69) is 0 Å². The Labute approximate surface area is 123 Å². The summed E-state index contributed by atoms with van der Waals surface area (Å²) in [4.78, 5) is 10.9. The maximum atomic E-state index is 13.1. The van der Waals surface area contributed by atoms with Crippen LogP contribution in [0.15, 0.2) is 46.9 Å². The number of hydrogen-bond acceptors (Lipinski definition) is 3. The molecule has 0 aliphatic heterocycles. The van der Waals surface area contributed by atoms with Gasteiger partial charge in [0.25, 0.3) is 6.01 Å². The van der Waals surface area contributed by atoms with Crippen molar-refractivity contribution in [3.8, 4) is 11.5 Å². The van der Waals surface area contributed by atoms with Crippen molar-refractivity contribution in [2.45, 2.75) is 0 Å². The summed E-state index contributed by atoms with van der Waals surface area (Å²) in [5.74, 6) is -0.480. The summed E-state index contributed by atoms with van der Waals surface area (Å²) in [6, 6.07) is 9.72. The number of carboxylic acid groups (broad SMARTS) is 1. The van der Waals surface area contributed by atoms with Gasteiger partial charge in [0.15, 0.2) is 11.3 Å². The number of fused-ring (bicyclic) bond motifs is 1. The average Bonchev–Trinajstić information content (AvgIpc) is 2.80. The molecule has 1 aromatic heterocycles. The number of carbonyl (C=O) groups is 1. The molecule has 1 N–H and O–H groups in total. The van der Waals surface area contributed by atoms with E-state index in [1.165, 1.54) is 24.3 Å². The number of benzene rings is 2. The Morgan fingerprint density at radius 2 is 2.05 bits per heavy atom. The smallest absolute Gasteiger partial charge is 0.337 e. The highest BCUT2D eigenvalue weighted by atomic mass is 35.5. The Bertz CT molecular complexity index is 841. The Morgan fingerprint density at radius 1 is 1.24 bits per heavy atom. The Hall–Kier alpha value is -2.53. The van der Waals surface area contributed by atoms with E-state index in [1.54, 1.807) is 18.2 Å². The molecule has 0 aliphatic rings. The van der Waals surface area contributed by atoms with Gasteiger partial charge in [-0.3, -0.25) is 0 Å². The van der Waals surface area contributed by atoms with Crippen molar-refractivity contribution in [1.82, 2.24) is 0 Å². The minimum Gasteiger partial charge on any atom is -0.478 e. The molecule has 0 bridgehead atoms. The number of hydrogen-bond donors (Lipinski definition) is 1. The van der Waals surface area contributed by atoms with Gasteiger partial charge < -0.3 is 14.3 Å². The van der Waals surface area contributed by atoms with E-state index in [1.807, 2.05) is 0 Å². The molecule has 3 aromatic rings. The third-order valence-corrected chi connectivity index (χ3v) is 3.19. The van der Waals surface area contributed by atoms with Crippen LogP contribution >= 0.6 is 11.6 Å². The molecule has 0 radical (unpaired) electrons. The molecule has 0 saturated carbocycles. The number of carboxylic acids is 1. The minimum absolute atomic E-state index is 0.0220. The number of furan rings is 1. The lowest BCUT2D eigenvalue weighted by Crippen LogP contribution is -1.97. The van der Waals surface area contributed by atoms with Gasteiger partial charge in [-0.1, -0.05) is 23.7 Å². The first-order valence-electron chi connectivity index (χ1n) is 5.93. The third-order valence-electron chi connectivity index (χ3n) is 2.88. The second kappa shape index (κ2) is 5.10. The van der Waals surface area contributed by atoms with Gasteiger partial charge >= 0.3 is 5.97 Å². The maximum absolute atomic E-state index is 13.1. The van der Waals surface area contributed by atoms with Crippen LogP contribution in [0, 0.1) is 6.01 Å². The van der Waals surface area contributed by atoms with Gasteiger partial charge in [-0.15, -0.1) is 0 Å². The third kappa shape index (κ3) is 2.55. The van der Waals surface area contributed by atoms with E-state index in [-0.39, 0.29) is 16.2 Å². The first-order valence-corrected chi connectivity index (χ1v) is 6.31. The lowest BCUT2D eigenvalue weighted by molar-refractivity contribution is 0.0697. The highest BCUT2D eigenvalue weighted by Crippen LogP contribution is 2.33. The molecule has 0 aliphatic carbocycles. The van der Waals surface area contributed by atoms with Crippen LogP contribution < -0.4 is 4.74 Å². The molecule has 2 aromatic carbocycles. The Morgan fingerprint density at radius 3 is 2.76 bits per heavy atom. The predicted molar refractivity (Wildman–Crippen MR) is 74.7 cm³/mol. The summed E-state index contributed by atoms with van der Waals surface area (Å²) < 4.78 is 23.7. The van der Waals surface area contributed by atoms with Crippen LogP contribution in [0.3, 0.4) is 0 Å². The van der Waals surface area contributed by atoms with Crippen LogP contribution in [0.5, 0.6) is 11.5 Å². The Balaban J connectivity index is 1.99. The lowest BCUT2D eigenvalue weighted by Gasteiger charge is -2.07. The van der Waals surface area contributed by atoms with Crippen LogP contribution in [0.25, 0.3) is 11.0 Å². The molecule has 0 saturated heterocycles. The van der Waals surface area contributed by atoms with Crippen molar-refractivity contribution >= 4 is 28.5 Å². The highest BCUT2D eigenvalue weighted by molar-refractivity contribution is 6.33. The van der Waals surface area contributed by atoms with Gasteiger partial charge in [-0.2, -0.15) is 4.39 Å². The molecule has 0 amide bonds. The second-order valence-electron chi connectivity index (χ2n) is 4.27. The molecule has 106 valence electrons. The zero-order valence-corrected chi connectivity index (χ0v) is 11.2. The normalized spacial score (nSPS) is 10.8. The molecule has 6 heteroatoms. The van der Waals surface area contributed by atoms with Crippen molar-refractivity contribution in [1.29, 1.82) is 0 Å². The molecular weight excluding hydrogens is 299 g/mol. The number of halogens is 2. The van der Waals surface area contributed by atoms with Gasteiger partial charge in [0.2, 0.25) is 0 Å². The van der Waals surface area contributed by atoms with E-state index >= 15 is 0 Å². The number of rotatable bonds is 3. The molecule has 0 spiro atoms. The second-order valence-corrected chi connectivity index (χ2v) is 4.68. The topological polar surface area (TPSA) is 59.7 Å². The van der Waals surface area contributed by atoms with Gasteiger partial charge in [0.05, 0.1) is 10.6 Å². The number of para-hydroxylation sites is 1. The SMILES string of the molecule is O=C(O)c1ccc(Oc2cccc3cc(F)oc23)cc1Cl. The van der Waals surface area contributed by atoms with E-state index in [9.17, 15) is 9.18 Å². The fourth-order valence-electron chi connectivity index (χ4n) is 1.95. The summed E-state index contributed by atoms with van der Waals surface area (Å²) in [6.07, 6.45) is 0. The molecule has 21 heavy (non-hydrogen) atoms. The van der Waals surface area contributed by atoms with E-state index < -0.39 is 12.0 Å². The van der Waals surface area contributed by atoms with Gasteiger partial charge in [-0.25, -0.2) is 4.79 Å². The highest BCUT2D eigenvalue weighted by Gasteiger charge is 2.12. The van der Waals surface area contributed by atoms with Crippen LogP contribution in [0.2, 0.25) is 5.02 Å². The summed E-state index contributed by atoms with van der Waals surface area (Å²) in [7, 11) is 0. The molecule has 0 unspecified atom stereocenters. The predicted octanol–water partition coefficient (Wildman–Crippen LogP) is 4.72. The molecule has 1 heterocycles. The molecule has 4 nitrogen and oxygen atoms in total. The van der Waals surface area contributed by atoms with E-state index in [0.717, 1.165) is 0 Å². The van der Waals surface area contributed by atoms with Crippen molar-refractivity contribution in [3.63, 3.8) is 0 Å². The minimum atomic E-state index is -1.12. The standard InChI is InChI=1S/C15H8ClFO4/c16-11-7-9(4-5-10(11)15(18)19)20-12-3-1-2-8-6-13(17)21-14(8)12/h1-7H,(H,18,19). The number of ether oxygens (including phenoxy) is 1. The first-order chi connectivity index (χ1) is 10.0. The zero-order valence-electron chi connectivity index (χ0n) is 10.5. The Kier molecular flexibility index (Phi) is 3.27. The monoisotopic (exact) mass is 306 g/mol. The van der Waals surface area contributed by atoms with Crippen LogP contribution in [0.4, 0.5) is 4.39 Å². The zero-order chi connectivity index (χ0) is 15.0. The fourth-order valence-corrected chi connectivity index (χ4v) is 2.20. The average molecular weight is 307 g/mol. The van der Waals surface area contributed by atoms with Gasteiger partial charge in [-0.05, 0) is 18.2 Å². The van der Waals surface area contributed by atoms with Crippen LogP contribution in [0.1, 0.15) is 10.4 Å². The van der Waals surface area contributed by atoms with Crippen molar-refractivity contribution in [2.24, 2.45) is 0 Å².